The summed E-state index contributed by atoms with van der Waals surface area (Å²) >= 11 is 9.02. The summed E-state index contributed by atoms with van der Waals surface area (Å²) in [5.74, 6) is 0.409. The van der Waals surface area contributed by atoms with Gasteiger partial charge in [0, 0.05) is 24.0 Å². The molecule has 1 aliphatic rings. The number of hydrogen-bond donors (Lipinski definition) is 0. The Morgan fingerprint density at radius 2 is 2.33 bits per heavy atom. The Labute approximate surface area is 119 Å². The quantitative estimate of drug-likeness (QED) is 0.756. The molecule has 0 spiro atoms. The van der Waals surface area contributed by atoms with Crippen molar-refractivity contribution in [3.8, 4) is 0 Å². The molecule has 2 unspecified atom stereocenters. The molecule has 18 heavy (non-hydrogen) atoms. The van der Waals surface area contributed by atoms with E-state index in [9.17, 15) is 9.18 Å². The second-order valence-electron chi connectivity index (χ2n) is 4.62. The van der Waals surface area contributed by atoms with E-state index in [1.54, 1.807) is 4.90 Å². The monoisotopic (exact) mass is 333 g/mol. The molecule has 0 N–H and O–H groups in total. The highest BCUT2D eigenvalue weighted by molar-refractivity contribution is 9.10. The van der Waals surface area contributed by atoms with Crippen LogP contribution in [-0.4, -0.2) is 29.3 Å². The van der Waals surface area contributed by atoms with Gasteiger partial charge in [0.15, 0.2) is 0 Å². The molecular formula is C13H14BrClFNO. The molecule has 1 heterocycles. The molecule has 0 radical (unpaired) electrons. The minimum atomic E-state index is -0.366. The van der Waals surface area contributed by atoms with Gasteiger partial charge in [-0.3, -0.25) is 4.79 Å². The van der Waals surface area contributed by atoms with Crippen molar-refractivity contribution < 1.29 is 9.18 Å². The lowest BCUT2D eigenvalue weighted by atomic mass is 10.0. The largest absolute Gasteiger partial charge is 0.334 e. The minimum absolute atomic E-state index is 0.0722. The lowest BCUT2D eigenvalue weighted by Gasteiger charge is -2.25. The standard InChI is InChI=1S/C13H14BrClFNO/c1-8-4-5-17(12(8)7-15)13(18)9-2-3-11(16)10(14)6-9/h2-3,6,8,12H,4-5,7H2,1H3. The molecule has 1 fully saturated rings. The van der Waals surface area contributed by atoms with E-state index in [4.69, 9.17) is 11.6 Å². The van der Waals surface area contributed by atoms with Crippen molar-refractivity contribution in [1.82, 2.24) is 4.90 Å². The highest BCUT2D eigenvalue weighted by atomic mass is 79.9. The van der Waals surface area contributed by atoms with Gasteiger partial charge < -0.3 is 4.90 Å². The maximum Gasteiger partial charge on any atom is 0.254 e. The predicted octanol–water partition coefficient (Wildman–Crippen LogP) is 3.68. The number of likely N-dealkylation sites (tertiary alicyclic amines) is 1. The smallest absolute Gasteiger partial charge is 0.254 e. The van der Waals surface area contributed by atoms with Crippen LogP contribution in [0.25, 0.3) is 0 Å². The van der Waals surface area contributed by atoms with Gasteiger partial charge in [-0.05, 0) is 46.5 Å². The third-order valence-electron chi connectivity index (χ3n) is 3.47. The van der Waals surface area contributed by atoms with Crippen LogP contribution < -0.4 is 0 Å². The second-order valence-corrected chi connectivity index (χ2v) is 5.78. The number of carbonyl (C=O) groups excluding carboxylic acids is 1. The molecule has 98 valence electrons. The number of nitrogens with zero attached hydrogens (tertiary/aromatic N) is 1. The number of carbonyl (C=O) groups is 1. The Kier molecular flexibility index (Phi) is 4.28. The fourth-order valence-corrected chi connectivity index (χ4v) is 3.14. The van der Waals surface area contributed by atoms with Gasteiger partial charge in [-0.2, -0.15) is 0 Å². The van der Waals surface area contributed by atoms with Gasteiger partial charge in [-0.15, -0.1) is 11.6 Å². The van der Waals surface area contributed by atoms with E-state index in [-0.39, 0.29) is 17.8 Å². The molecule has 2 rings (SSSR count). The summed E-state index contributed by atoms with van der Waals surface area (Å²) in [4.78, 5) is 14.1. The van der Waals surface area contributed by atoms with Crippen molar-refractivity contribution in [1.29, 1.82) is 0 Å². The topological polar surface area (TPSA) is 20.3 Å². The van der Waals surface area contributed by atoms with Gasteiger partial charge in [0.2, 0.25) is 0 Å². The zero-order valence-corrected chi connectivity index (χ0v) is 12.3. The molecule has 0 aromatic heterocycles. The summed E-state index contributed by atoms with van der Waals surface area (Å²) in [7, 11) is 0. The Morgan fingerprint density at radius 3 is 2.94 bits per heavy atom. The number of benzene rings is 1. The van der Waals surface area contributed by atoms with E-state index in [2.05, 4.69) is 22.9 Å². The molecule has 5 heteroatoms. The molecule has 1 amide bonds. The number of rotatable bonds is 2. The average Bonchev–Trinajstić information content (AvgIpc) is 2.73. The third kappa shape index (κ3) is 2.54. The first-order valence-electron chi connectivity index (χ1n) is 5.86. The Hall–Kier alpha value is -0.610. The molecule has 0 aliphatic carbocycles. The Balaban J connectivity index is 2.23. The Morgan fingerprint density at radius 1 is 1.61 bits per heavy atom. The fourth-order valence-electron chi connectivity index (χ4n) is 2.29. The minimum Gasteiger partial charge on any atom is -0.334 e. The van der Waals surface area contributed by atoms with Crippen molar-refractivity contribution in [2.75, 3.05) is 12.4 Å². The third-order valence-corrected chi connectivity index (χ3v) is 4.39. The van der Waals surface area contributed by atoms with Crippen molar-refractivity contribution in [2.24, 2.45) is 5.92 Å². The van der Waals surface area contributed by atoms with Crippen LogP contribution in [0.15, 0.2) is 22.7 Å². The van der Waals surface area contributed by atoms with Gasteiger partial charge in [0.25, 0.3) is 5.91 Å². The van der Waals surface area contributed by atoms with Crippen LogP contribution in [-0.2, 0) is 0 Å². The summed E-state index contributed by atoms with van der Waals surface area (Å²) in [6.45, 7) is 2.81. The van der Waals surface area contributed by atoms with Gasteiger partial charge in [0.05, 0.1) is 4.47 Å². The van der Waals surface area contributed by atoms with Crippen molar-refractivity contribution in [2.45, 2.75) is 19.4 Å². The van der Waals surface area contributed by atoms with Gasteiger partial charge in [-0.1, -0.05) is 6.92 Å². The summed E-state index contributed by atoms with van der Waals surface area (Å²) < 4.78 is 13.5. The van der Waals surface area contributed by atoms with Crippen LogP contribution in [0.5, 0.6) is 0 Å². The van der Waals surface area contributed by atoms with Crippen LogP contribution in [0.1, 0.15) is 23.7 Å². The molecule has 1 saturated heterocycles. The van der Waals surface area contributed by atoms with E-state index in [1.165, 1.54) is 18.2 Å². The van der Waals surface area contributed by atoms with Gasteiger partial charge >= 0.3 is 0 Å². The summed E-state index contributed by atoms with van der Waals surface area (Å²) in [5, 5.41) is 0. The SMILES string of the molecule is CC1CCN(C(=O)c2ccc(F)c(Br)c2)C1CCl. The predicted molar refractivity (Wildman–Crippen MR) is 73.4 cm³/mol. The first-order valence-corrected chi connectivity index (χ1v) is 7.19. The maximum absolute atomic E-state index is 13.2. The van der Waals surface area contributed by atoms with E-state index in [0.717, 1.165) is 6.42 Å². The lowest BCUT2D eigenvalue weighted by Crippen LogP contribution is -2.38. The van der Waals surface area contributed by atoms with E-state index in [0.29, 0.717) is 28.4 Å². The van der Waals surface area contributed by atoms with Crippen LogP contribution in [0.4, 0.5) is 4.39 Å². The van der Waals surface area contributed by atoms with Gasteiger partial charge in [0.1, 0.15) is 5.82 Å². The van der Waals surface area contributed by atoms with E-state index < -0.39 is 0 Å². The highest BCUT2D eigenvalue weighted by Crippen LogP contribution is 2.27. The number of alkyl halides is 1. The van der Waals surface area contributed by atoms with Crippen LogP contribution in [0.3, 0.4) is 0 Å². The second kappa shape index (κ2) is 5.57. The maximum atomic E-state index is 13.2. The molecule has 0 saturated carbocycles. The molecule has 2 atom stereocenters. The van der Waals surface area contributed by atoms with Crippen molar-refractivity contribution in [3.05, 3.63) is 34.1 Å². The van der Waals surface area contributed by atoms with Crippen molar-refractivity contribution in [3.63, 3.8) is 0 Å². The molecule has 1 aliphatic heterocycles. The summed E-state index contributed by atoms with van der Waals surface area (Å²) in [6.07, 6.45) is 0.964. The molecule has 0 bridgehead atoms. The van der Waals surface area contributed by atoms with Crippen LogP contribution >= 0.6 is 27.5 Å². The average molecular weight is 335 g/mol. The zero-order chi connectivity index (χ0) is 13.3. The van der Waals surface area contributed by atoms with E-state index >= 15 is 0 Å². The summed E-state index contributed by atoms with van der Waals surface area (Å²) in [6, 6.07) is 4.40. The Bertz CT molecular complexity index is 468. The molecule has 2 nitrogen and oxygen atoms in total. The van der Waals surface area contributed by atoms with Crippen LogP contribution in [0, 0.1) is 11.7 Å². The molecular weight excluding hydrogens is 321 g/mol. The zero-order valence-electron chi connectivity index (χ0n) is 10.00. The van der Waals surface area contributed by atoms with Gasteiger partial charge in [-0.25, -0.2) is 4.39 Å². The fraction of sp³-hybridized carbons (Fsp3) is 0.462. The van der Waals surface area contributed by atoms with Crippen LogP contribution in [0.2, 0.25) is 0 Å². The first kappa shape index (κ1) is 13.8. The number of hydrogen-bond acceptors (Lipinski definition) is 1. The van der Waals surface area contributed by atoms with Crippen molar-refractivity contribution >= 4 is 33.4 Å². The lowest BCUT2D eigenvalue weighted by molar-refractivity contribution is 0.0737. The summed E-state index contributed by atoms with van der Waals surface area (Å²) in [5.41, 5.74) is 0.493. The highest BCUT2D eigenvalue weighted by Gasteiger charge is 2.34. The number of halogens is 3. The molecule has 1 aromatic rings. The normalized spacial score (nSPS) is 23.4. The first-order chi connectivity index (χ1) is 8.54. The number of amides is 1. The molecule has 1 aromatic carbocycles. The van der Waals surface area contributed by atoms with E-state index in [1.807, 2.05) is 0 Å².